The summed E-state index contributed by atoms with van der Waals surface area (Å²) in [5.41, 5.74) is 1.60. The van der Waals surface area contributed by atoms with Crippen molar-refractivity contribution in [1.29, 1.82) is 0 Å². The minimum absolute atomic E-state index is 0.00984. The van der Waals surface area contributed by atoms with Crippen molar-refractivity contribution in [2.24, 2.45) is 5.92 Å². The number of hydrogen-bond acceptors (Lipinski definition) is 3. The van der Waals surface area contributed by atoms with Crippen LogP contribution in [0.15, 0.2) is 30.9 Å². The summed E-state index contributed by atoms with van der Waals surface area (Å²) in [6, 6.07) is 3.70. The lowest BCUT2D eigenvalue weighted by Gasteiger charge is -2.32. The van der Waals surface area contributed by atoms with Crippen molar-refractivity contribution in [1.82, 2.24) is 14.3 Å². The summed E-state index contributed by atoms with van der Waals surface area (Å²) in [6.07, 6.45) is 7.97. The van der Waals surface area contributed by atoms with Crippen LogP contribution in [0.5, 0.6) is 0 Å². The van der Waals surface area contributed by atoms with Gasteiger partial charge in [-0.05, 0) is 37.3 Å². The summed E-state index contributed by atoms with van der Waals surface area (Å²) in [7, 11) is 0. The highest BCUT2D eigenvalue weighted by Gasteiger charge is 2.25. The molecule has 1 N–H and O–H groups in total. The van der Waals surface area contributed by atoms with Crippen molar-refractivity contribution in [2.75, 3.05) is 13.1 Å². The highest BCUT2D eigenvalue weighted by Crippen LogP contribution is 2.22. The van der Waals surface area contributed by atoms with Crippen LogP contribution < -0.4 is 0 Å². The SMILES string of the molecule is O=C(O)CCC1CCCN(C(=O)c2ccc3cncn3c2)C1. The van der Waals surface area contributed by atoms with Crippen LogP contribution in [-0.2, 0) is 4.79 Å². The lowest BCUT2D eigenvalue weighted by atomic mass is 9.93. The second-order valence-corrected chi connectivity index (χ2v) is 5.84. The van der Waals surface area contributed by atoms with Gasteiger partial charge in [-0.3, -0.25) is 9.59 Å². The van der Waals surface area contributed by atoms with Gasteiger partial charge in [-0.1, -0.05) is 0 Å². The number of hydrogen-bond donors (Lipinski definition) is 1. The van der Waals surface area contributed by atoms with Gasteiger partial charge in [-0.2, -0.15) is 0 Å². The Bertz CT molecular complexity index is 695. The fourth-order valence-electron chi connectivity index (χ4n) is 3.04. The molecule has 1 aliphatic rings. The maximum atomic E-state index is 12.6. The van der Waals surface area contributed by atoms with Crippen LogP contribution in [0.4, 0.5) is 0 Å². The van der Waals surface area contributed by atoms with Gasteiger partial charge in [0.2, 0.25) is 0 Å². The van der Waals surface area contributed by atoms with E-state index in [4.69, 9.17) is 5.11 Å². The van der Waals surface area contributed by atoms with Crippen molar-refractivity contribution in [2.45, 2.75) is 25.7 Å². The number of nitrogens with zero attached hydrogens (tertiary/aromatic N) is 3. The maximum Gasteiger partial charge on any atom is 0.303 e. The largest absolute Gasteiger partial charge is 0.481 e. The van der Waals surface area contributed by atoms with Gasteiger partial charge in [0.1, 0.15) is 0 Å². The first kappa shape index (κ1) is 14.6. The Hall–Kier alpha value is -2.37. The highest BCUT2D eigenvalue weighted by molar-refractivity contribution is 5.94. The Kier molecular flexibility index (Phi) is 4.09. The van der Waals surface area contributed by atoms with E-state index in [1.165, 1.54) is 0 Å². The second kappa shape index (κ2) is 6.17. The molecule has 6 heteroatoms. The maximum absolute atomic E-state index is 12.6. The molecule has 1 fully saturated rings. The van der Waals surface area contributed by atoms with Crippen LogP contribution in [0.25, 0.3) is 5.52 Å². The standard InChI is InChI=1S/C16H19N3O3/c20-15(21)6-3-12-2-1-7-18(9-12)16(22)13-4-5-14-8-17-11-19(14)10-13/h4-5,8,10-12H,1-3,6-7,9H2,(H,20,21). The first-order chi connectivity index (χ1) is 10.6. The molecule has 0 saturated carbocycles. The van der Waals surface area contributed by atoms with E-state index < -0.39 is 5.97 Å². The lowest BCUT2D eigenvalue weighted by molar-refractivity contribution is -0.137. The molecular weight excluding hydrogens is 282 g/mol. The van der Waals surface area contributed by atoms with Crippen LogP contribution in [-0.4, -0.2) is 44.4 Å². The molecule has 22 heavy (non-hydrogen) atoms. The van der Waals surface area contributed by atoms with E-state index in [1.807, 2.05) is 21.4 Å². The van der Waals surface area contributed by atoms with E-state index in [0.29, 0.717) is 18.5 Å². The monoisotopic (exact) mass is 301 g/mol. The van der Waals surface area contributed by atoms with E-state index in [1.54, 1.807) is 18.7 Å². The predicted octanol–water partition coefficient (Wildman–Crippen LogP) is 2.05. The van der Waals surface area contributed by atoms with Crippen molar-refractivity contribution in [3.8, 4) is 0 Å². The zero-order chi connectivity index (χ0) is 15.5. The smallest absolute Gasteiger partial charge is 0.303 e. The molecule has 0 spiro atoms. The molecule has 0 radical (unpaired) electrons. The van der Waals surface area contributed by atoms with E-state index >= 15 is 0 Å². The van der Waals surface area contributed by atoms with E-state index in [-0.39, 0.29) is 18.2 Å². The summed E-state index contributed by atoms with van der Waals surface area (Å²) in [5.74, 6) is -0.476. The summed E-state index contributed by atoms with van der Waals surface area (Å²) >= 11 is 0. The minimum atomic E-state index is -0.769. The summed E-state index contributed by atoms with van der Waals surface area (Å²) in [6.45, 7) is 1.39. The van der Waals surface area contributed by atoms with Gasteiger partial charge in [0.25, 0.3) is 5.91 Å². The molecule has 0 bridgehead atoms. The minimum Gasteiger partial charge on any atom is -0.481 e. The molecule has 1 saturated heterocycles. The van der Waals surface area contributed by atoms with Crippen LogP contribution in [0.2, 0.25) is 0 Å². The number of piperidine rings is 1. The molecule has 2 aromatic heterocycles. The number of pyridine rings is 1. The van der Waals surface area contributed by atoms with Gasteiger partial charge in [0, 0.05) is 25.7 Å². The van der Waals surface area contributed by atoms with E-state index in [9.17, 15) is 9.59 Å². The summed E-state index contributed by atoms with van der Waals surface area (Å²) in [5, 5.41) is 8.79. The quantitative estimate of drug-likeness (QED) is 0.938. The Morgan fingerprint density at radius 1 is 1.36 bits per heavy atom. The number of rotatable bonds is 4. The Balaban J connectivity index is 1.69. The van der Waals surface area contributed by atoms with Gasteiger partial charge in [0.05, 0.1) is 23.6 Å². The summed E-state index contributed by atoms with van der Waals surface area (Å²) < 4.78 is 1.83. The molecule has 1 atom stereocenters. The number of aromatic nitrogens is 2. The van der Waals surface area contributed by atoms with E-state index in [0.717, 1.165) is 24.9 Å². The molecule has 116 valence electrons. The Labute approximate surface area is 128 Å². The number of carbonyl (C=O) groups is 2. The van der Waals surface area contributed by atoms with Crippen molar-refractivity contribution in [3.63, 3.8) is 0 Å². The van der Waals surface area contributed by atoms with Crippen LogP contribution >= 0.6 is 0 Å². The number of aliphatic carboxylic acids is 1. The third-order valence-corrected chi connectivity index (χ3v) is 4.23. The normalized spacial score (nSPS) is 18.5. The fraction of sp³-hybridized carbons (Fsp3) is 0.438. The number of carbonyl (C=O) groups excluding carboxylic acids is 1. The van der Waals surface area contributed by atoms with Gasteiger partial charge in [0.15, 0.2) is 0 Å². The molecular formula is C16H19N3O3. The van der Waals surface area contributed by atoms with Crippen molar-refractivity contribution in [3.05, 3.63) is 36.4 Å². The third kappa shape index (κ3) is 3.10. The number of fused-ring (bicyclic) bond motifs is 1. The number of carboxylic acids is 1. The van der Waals surface area contributed by atoms with Gasteiger partial charge in [-0.15, -0.1) is 0 Å². The summed E-state index contributed by atoms with van der Waals surface area (Å²) in [4.78, 5) is 29.2. The first-order valence-electron chi connectivity index (χ1n) is 7.56. The molecule has 2 aromatic rings. The predicted molar refractivity (Wildman–Crippen MR) is 80.7 cm³/mol. The number of likely N-dealkylation sites (tertiary alicyclic amines) is 1. The topological polar surface area (TPSA) is 74.9 Å². The van der Waals surface area contributed by atoms with Crippen LogP contribution in [0.1, 0.15) is 36.0 Å². The van der Waals surface area contributed by atoms with E-state index in [2.05, 4.69) is 4.98 Å². The average molecular weight is 301 g/mol. The first-order valence-corrected chi connectivity index (χ1v) is 7.56. The van der Waals surface area contributed by atoms with Gasteiger partial charge < -0.3 is 14.4 Å². The van der Waals surface area contributed by atoms with Gasteiger partial charge >= 0.3 is 5.97 Å². The fourth-order valence-corrected chi connectivity index (χ4v) is 3.04. The third-order valence-electron chi connectivity index (χ3n) is 4.23. The van der Waals surface area contributed by atoms with Crippen LogP contribution in [0.3, 0.4) is 0 Å². The molecule has 1 aliphatic heterocycles. The zero-order valence-corrected chi connectivity index (χ0v) is 12.3. The number of carboxylic acid groups (broad SMARTS) is 1. The average Bonchev–Trinajstić information content (AvgIpc) is 3.00. The Morgan fingerprint density at radius 2 is 2.23 bits per heavy atom. The Morgan fingerprint density at radius 3 is 3.05 bits per heavy atom. The zero-order valence-electron chi connectivity index (χ0n) is 12.3. The lowest BCUT2D eigenvalue weighted by Crippen LogP contribution is -2.40. The highest BCUT2D eigenvalue weighted by atomic mass is 16.4. The molecule has 3 heterocycles. The van der Waals surface area contributed by atoms with Gasteiger partial charge in [-0.25, -0.2) is 4.98 Å². The van der Waals surface area contributed by atoms with Crippen molar-refractivity contribution < 1.29 is 14.7 Å². The second-order valence-electron chi connectivity index (χ2n) is 5.84. The number of imidazole rings is 1. The molecule has 1 unspecified atom stereocenters. The molecule has 0 aromatic carbocycles. The van der Waals surface area contributed by atoms with Crippen LogP contribution in [0, 0.1) is 5.92 Å². The molecule has 1 amide bonds. The molecule has 0 aliphatic carbocycles. The van der Waals surface area contributed by atoms with Crippen molar-refractivity contribution >= 4 is 17.4 Å². The molecule has 3 rings (SSSR count). The number of amides is 1. The molecule has 6 nitrogen and oxygen atoms in total.